The fourth-order valence-corrected chi connectivity index (χ4v) is 7.04. The third kappa shape index (κ3) is 3.10. The number of aryl methyl sites for hydroxylation is 2. The van der Waals surface area contributed by atoms with Gasteiger partial charge in [-0.05, 0) is 72.6 Å². The zero-order valence-corrected chi connectivity index (χ0v) is 20.2. The third-order valence-electron chi connectivity index (χ3n) is 9.34. The van der Waals surface area contributed by atoms with E-state index in [4.69, 9.17) is 4.98 Å². The summed E-state index contributed by atoms with van der Waals surface area (Å²) in [5.74, 6) is 3.97. The van der Waals surface area contributed by atoms with E-state index < -0.39 is 0 Å². The Morgan fingerprint density at radius 2 is 1.42 bits per heavy atom. The highest BCUT2D eigenvalue weighted by atomic mass is 15.1. The van der Waals surface area contributed by atoms with Crippen LogP contribution in [0.5, 0.6) is 0 Å². The molecule has 4 N–H and O–H groups in total. The summed E-state index contributed by atoms with van der Waals surface area (Å²) in [6, 6.07) is 18.1. The molecule has 2 unspecified atom stereocenters. The first-order chi connectivity index (χ1) is 17.7. The van der Waals surface area contributed by atoms with Crippen molar-refractivity contribution in [2.24, 2.45) is 11.8 Å². The molecule has 9 rings (SSSR count). The molecule has 4 fully saturated rings. The van der Waals surface area contributed by atoms with Gasteiger partial charge in [0.25, 0.3) is 0 Å². The van der Waals surface area contributed by atoms with Crippen LogP contribution in [0.15, 0.2) is 48.7 Å². The molecule has 4 heterocycles. The van der Waals surface area contributed by atoms with Crippen LogP contribution in [-0.2, 0) is 12.8 Å². The molecule has 0 bridgehead atoms. The Hall–Kier alpha value is -3.22. The number of aromatic nitrogens is 4. The van der Waals surface area contributed by atoms with Crippen LogP contribution < -0.4 is 10.6 Å². The van der Waals surface area contributed by atoms with E-state index in [0.717, 1.165) is 54.1 Å². The highest BCUT2D eigenvalue weighted by Crippen LogP contribution is 2.47. The number of imidazole rings is 2. The zero-order valence-electron chi connectivity index (χ0n) is 20.2. The van der Waals surface area contributed by atoms with E-state index in [1.165, 1.54) is 64.9 Å². The van der Waals surface area contributed by atoms with Crippen LogP contribution in [0.2, 0.25) is 0 Å². The van der Waals surface area contributed by atoms with Crippen molar-refractivity contribution in [3.05, 3.63) is 71.6 Å². The van der Waals surface area contributed by atoms with Gasteiger partial charge in [0.1, 0.15) is 11.6 Å². The van der Waals surface area contributed by atoms with Gasteiger partial charge in [-0.15, -0.1) is 0 Å². The summed E-state index contributed by atoms with van der Waals surface area (Å²) < 4.78 is 0. The van der Waals surface area contributed by atoms with Crippen molar-refractivity contribution in [1.82, 2.24) is 30.6 Å². The fraction of sp³-hybridized carbons (Fsp3) is 0.400. The Labute approximate surface area is 210 Å². The molecule has 4 aromatic rings. The quantitative estimate of drug-likeness (QED) is 0.333. The average molecular weight is 475 g/mol. The predicted molar refractivity (Wildman–Crippen MR) is 139 cm³/mol. The van der Waals surface area contributed by atoms with Crippen LogP contribution in [0.25, 0.3) is 33.6 Å². The van der Waals surface area contributed by atoms with Crippen molar-refractivity contribution in [3.63, 3.8) is 0 Å². The Morgan fingerprint density at radius 3 is 2.17 bits per heavy atom. The van der Waals surface area contributed by atoms with Crippen molar-refractivity contribution in [1.29, 1.82) is 0 Å². The number of nitrogens with zero attached hydrogens (tertiary/aromatic N) is 2. The summed E-state index contributed by atoms with van der Waals surface area (Å²) >= 11 is 0. The van der Waals surface area contributed by atoms with E-state index in [-0.39, 0.29) is 0 Å². The van der Waals surface area contributed by atoms with Crippen LogP contribution in [0.3, 0.4) is 0 Å². The monoisotopic (exact) mass is 474 g/mol. The third-order valence-corrected chi connectivity index (χ3v) is 9.34. The van der Waals surface area contributed by atoms with Gasteiger partial charge in [-0.3, -0.25) is 0 Å². The summed E-state index contributed by atoms with van der Waals surface area (Å²) in [6.07, 6.45) is 9.23. The second-order valence-electron chi connectivity index (χ2n) is 11.7. The molecule has 2 aromatic carbocycles. The molecular formula is C30H30N6. The standard InChI is InChI=1S/C30H30N6/c1-3-16(27-14-31-29(35-27)25-12-19-10-23(19)32-25)4-2-15(1)17-5-7-21-18(9-17)6-8-22-28(21)36-30(34-22)26-13-20-11-24(20)33-26/h1-5,7,9,14,19-20,23-26,32-33H,6,8,10-13H2,(H,31,35)(H,34,36)/t19?,20-,23?,24-,25+,26+/m1/s1. The predicted octanol–water partition coefficient (Wildman–Crippen LogP) is 5.08. The Balaban J connectivity index is 0.963. The maximum absolute atomic E-state index is 5.08. The van der Waals surface area contributed by atoms with Crippen LogP contribution >= 0.6 is 0 Å². The SMILES string of the molecule is c1cc(-c2cnc([C@@H]3CC4CC4N3)[nH]2)ccc1-c1ccc2c(c1)CCc1[nH]c([C@@H]3C[C@H]4C[C@H]4N3)nc1-2. The van der Waals surface area contributed by atoms with Gasteiger partial charge in [0.05, 0.1) is 29.7 Å². The lowest BCUT2D eigenvalue weighted by Gasteiger charge is -2.16. The lowest BCUT2D eigenvalue weighted by Crippen LogP contribution is -2.18. The summed E-state index contributed by atoms with van der Waals surface area (Å²) in [6.45, 7) is 0. The molecular weight excluding hydrogens is 444 g/mol. The lowest BCUT2D eigenvalue weighted by molar-refractivity contribution is 0.542. The Kier molecular flexibility index (Phi) is 3.97. The molecule has 180 valence electrons. The molecule has 2 saturated carbocycles. The minimum Gasteiger partial charge on any atom is -0.344 e. The van der Waals surface area contributed by atoms with Crippen molar-refractivity contribution < 1.29 is 0 Å². The summed E-state index contributed by atoms with van der Waals surface area (Å²) in [5, 5.41) is 7.43. The van der Waals surface area contributed by atoms with Gasteiger partial charge in [0, 0.05) is 23.3 Å². The van der Waals surface area contributed by atoms with E-state index in [0.29, 0.717) is 12.1 Å². The molecule has 0 radical (unpaired) electrons. The molecule has 36 heavy (non-hydrogen) atoms. The van der Waals surface area contributed by atoms with E-state index in [1.807, 2.05) is 6.20 Å². The van der Waals surface area contributed by atoms with Gasteiger partial charge in [0.2, 0.25) is 0 Å². The molecule has 6 heteroatoms. The normalized spacial score (nSPS) is 31.0. The van der Waals surface area contributed by atoms with Gasteiger partial charge >= 0.3 is 0 Å². The second kappa shape index (κ2) is 7.17. The van der Waals surface area contributed by atoms with Crippen molar-refractivity contribution in [2.45, 2.75) is 62.7 Å². The minimum absolute atomic E-state index is 0.392. The van der Waals surface area contributed by atoms with Gasteiger partial charge in [0.15, 0.2) is 0 Å². The number of piperidine rings is 2. The first-order valence-corrected chi connectivity index (χ1v) is 13.6. The summed E-state index contributed by atoms with van der Waals surface area (Å²) in [7, 11) is 0. The van der Waals surface area contributed by atoms with E-state index in [9.17, 15) is 0 Å². The number of hydrogen-bond acceptors (Lipinski definition) is 4. The fourth-order valence-electron chi connectivity index (χ4n) is 7.04. The van der Waals surface area contributed by atoms with Gasteiger partial charge in [-0.1, -0.05) is 42.5 Å². The number of nitrogens with one attached hydrogen (secondary N) is 4. The van der Waals surface area contributed by atoms with E-state index >= 15 is 0 Å². The number of hydrogen-bond donors (Lipinski definition) is 4. The first kappa shape index (κ1) is 19.9. The average Bonchev–Trinajstić information content (AvgIpc) is 3.49. The molecule has 0 amide bonds. The topological polar surface area (TPSA) is 81.4 Å². The maximum atomic E-state index is 5.08. The highest BCUT2D eigenvalue weighted by molar-refractivity contribution is 5.76. The number of benzene rings is 2. The minimum atomic E-state index is 0.392. The van der Waals surface area contributed by atoms with E-state index in [2.05, 4.69) is 68.1 Å². The summed E-state index contributed by atoms with van der Waals surface area (Å²) in [4.78, 5) is 17.0. The van der Waals surface area contributed by atoms with Crippen LogP contribution in [0, 0.1) is 11.8 Å². The smallest absolute Gasteiger partial charge is 0.124 e. The van der Waals surface area contributed by atoms with Gasteiger partial charge < -0.3 is 20.6 Å². The molecule has 0 spiro atoms. The van der Waals surface area contributed by atoms with Gasteiger partial charge in [-0.2, -0.15) is 0 Å². The summed E-state index contributed by atoms with van der Waals surface area (Å²) in [5.41, 5.74) is 9.99. The Bertz CT molecular complexity index is 1480. The number of aromatic amines is 2. The van der Waals surface area contributed by atoms with Crippen LogP contribution in [0.1, 0.15) is 60.7 Å². The number of fused-ring (bicyclic) bond motifs is 5. The molecule has 2 aliphatic heterocycles. The molecule has 6 nitrogen and oxygen atoms in total. The molecule has 5 aliphatic rings. The number of rotatable bonds is 4. The van der Waals surface area contributed by atoms with Crippen molar-refractivity contribution in [2.75, 3.05) is 0 Å². The van der Waals surface area contributed by atoms with Gasteiger partial charge in [-0.25, -0.2) is 9.97 Å². The largest absolute Gasteiger partial charge is 0.344 e. The first-order valence-electron chi connectivity index (χ1n) is 13.6. The lowest BCUT2D eigenvalue weighted by atomic mass is 9.89. The Morgan fingerprint density at radius 1 is 0.694 bits per heavy atom. The maximum Gasteiger partial charge on any atom is 0.124 e. The van der Waals surface area contributed by atoms with Crippen molar-refractivity contribution in [3.8, 4) is 33.6 Å². The molecule has 6 atom stereocenters. The zero-order chi connectivity index (χ0) is 23.4. The van der Waals surface area contributed by atoms with Crippen LogP contribution in [0.4, 0.5) is 0 Å². The number of H-pyrrole nitrogens is 2. The van der Waals surface area contributed by atoms with Crippen molar-refractivity contribution >= 4 is 0 Å². The second-order valence-corrected chi connectivity index (χ2v) is 11.7. The molecule has 2 aromatic heterocycles. The van der Waals surface area contributed by atoms with Crippen LogP contribution in [-0.4, -0.2) is 32.0 Å². The molecule has 3 aliphatic carbocycles. The van der Waals surface area contributed by atoms with E-state index in [1.54, 1.807) is 0 Å². The highest BCUT2D eigenvalue weighted by Gasteiger charge is 2.47. The molecule has 2 saturated heterocycles.